The van der Waals surface area contributed by atoms with Crippen molar-refractivity contribution in [3.05, 3.63) is 0 Å². The van der Waals surface area contributed by atoms with Crippen molar-refractivity contribution in [3.63, 3.8) is 0 Å². The maximum Gasteiger partial charge on any atom is 0.0693 e. The van der Waals surface area contributed by atoms with E-state index < -0.39 is 0 Å². The molecule has 0 radical (unpaired) electrons. The molecular weight excluding hydrogens is 186 g/mol. The number of aliphatic hydroxyl groups excluding tert-OH is 1. The van der Waals surface area contributed by atoms with Gasteiger partial charge < -0.3 is 10.4 Å². The fraction of sp³-hybridized carbons (Fsp3) is 1.00. The summed E-state index contributed by atoms with van der Waals surface area (Å²) in [6, 6.07) is 0.389. The molecule has 0 saturated heterocycles. The second kappa shape index (κ2) is 5.86. The lowest BCUT2D eigenvalue weighted by Crippen LogP contribution is -2.42. The van der Waals surface area contributed by atoms with Gasteiger partial charge in [-0.25, -0.2) is 0 Å². The first-order valence-electron chi connectivity index (χ1n) is 6.78. The first-order chi connectivity index (χ1) is 7.36. The Morgan fingerprint density at radius 2 is 1.60 bits per heavy atom. The van der Waals surface area contributed by atoms with Gasteiger partial charge in [0.1, 0.15) is 0 Å². The fourth-order valence-corrected chi connectivity index (χ4v) is 3.12. The van der Waals surface area contributed by atoms with Gasteiger partial charge in [-0.1, -0.05) is 38.5 Å². The molecule has 0 unspecified atom stereocenters. The number of rotatable bonds is 4. The maximum absolute atomic E-state index is 9.80. The Balaban J connectivity index is 1.59. The monoisotopic (exact) mass is 211 g/mol. The van der Waals surface area contributed by atoms with Crippen molar-refractivity contribution in [1.29, 1.82) is 0 Å². The minimum Gasteiger partial charge on any atom is -0.392 e. The molecule has 88 valence electrons. The molecule has 0 aliphatic heterocycles. The molecule has 2 heteroatoms. The van der Waals surface area contributed by atoms with Gasteiger partial charge in [0.25, 0.3) is 0 Å². The van der Waals surface area contributed by atoms with E-state index in [1.807, 2.05) is 0 Å². The lowest BCUT2D eigenvalue weighted by atomic mass is 9.92. The van der Waals surface area contributed by atoms with Crippen LogP contribution in [0.25, 0.3) is 0 Å². The summed E-state index contributed by atoms with van der Waals surface area (Å²) in [5, 5.41) is 13.3. The van der Waals surface area contributed by atoms with E-state index in [4.69, 9.17) is 0 Å². The molecule has 0 aromatic carbocycles. The Kier molecular flexibility index (Phi) is 4.45. The molecule has 0 bridgehead atoms. The van der Waals surface area contributed by atoms with Crippen LogP contribution in [-0.4, -0.2) is 23.8 Å². The second-order valence-corrected chi connectivity index (χ2v) is 5.35. The zero-order valence-electron chi connectivity index (χ0n) is 9.75. The van der Waals surface area contributed by atoms with Crippen LogP contribution in [-0.2, 0) is 0 Å². The van der Waals surface area contributed by atoms with Gasteiger partial charge >= 0.3 is 0 Å². The molecular formula is C13H25NO. The minimum absolute atomic E-state index is 0.0812. The molecule has 0 amide bonds. The van der Waals surface area contributed by atoms with Crippen molar-refractivity contribution in [1.82, 2.24) is 5.32 Å². The smallest absolute Gasteiger partial charge is 0.0693 e. The van der Waals surface area contributed by atoms with Crippen molar-refractivity contribution in [2.24, 2.45) is 5.92 Å². The van der Waals surface area contributed by atoms with Crippen molar-refractivity contribution in [2.75, 3.05) is 6.54 Å². The van der Waals surface area contributed by atoms with Gasteiger partial charge in [-0.05, 0) is 31.7 Å². The molecule has 2 nitrogen and oxygen atoms in total. The van der Waals surface area contributed by atoms with Crippen LogP contribution in [0.15, 0.2) is 0 Å². The molecule has 0 heterocycles. The average Bonchev–Trinajstić information content (AvgIpc) is 2.74. The Morgan fingerprint density at radius 3 is 2.33 bits per heavy atom. The molecule has 0 aromatic heterocycles. The van der Waals surface area contributed by atoms with E-state index in [0.29, 0.717) is 6.04 Å². The molecule has 2 rings (SSSR count). The third-order valence-electron chi connectivity index (χ3n) is 4.16. The first-order valence-corrected chi connectivity index (χ1v) is 6.78. The second-order valence-electron chi connectivity index (χ2n) is 5.35. The molecule has 2 saturated carbocycles. The summed E-state index contributed by atoms with van der Waals surface area (Å²) in [5.41, 5.74) is 0. The van der Waals surface area contributed by atoms with Crippen molar-refractivity contribution < 1.29 is 5.11 Å². The van der Waals surface area contributed by atoms with Crippen molar-refractivity contribution >= 4 is 0 Å². The van der Waals surface area contributed by atoms with Crippen LogP contribution >= 0.6 is 0 Å². The van der Waals surface area contributed by atoms with Crippen LogP contribution < -0.4 is 5.32 Å². The third-order valence-corrected chi connectivity index (χ3v) is 4.16. The predicted octanol–water partition coefficient (Wildman–Crippen LogP) is 2.46. The zero-order chi connectivity index (χ0) is 10.5. The first kappa shape index (κ1) is 11.4. The average molecular weight is 211 g/mol. The number of nitrogens with one attached hydrogen (secondary N) is 1. The highest BCUT2D eigenvalue weighted by molar-refractivity contribution is 4.80. The van der Waals surface area contributed by atoms with Crippen LogP contribution in [0.5, 0.6) is 0 Å². The summed E-state index contributed by atoms with van der Waals surface area (Å²) in [6.07, 6.45) is 11.7. The van der Waals surface area contributed by atoms with Crippen molar-refractivity contribution in [3.8, 4) is 0 Å². The summed E-state index contributed by atoms with van der Waals surface area (Å²) < 4.78 is 0. The van der Waals surface area contributed by atoms with E-state index >= 15 is 0 Å². The van der Waals surface area contributed by atoms with Gasteiger partial charge in [-0.3, -0.25) is 0 Å². The Bertz CT molecular complexity index is 177. The van der Waals surface area contributed by atoms with Crippen LogP contribution in [0, 0.1) is 5.92 Å². The Hall–Kier alpha value is -0.0800. The standard InChI is InChI=1S/C13H25NO/c15-13-8-4-3-7-12(13)14-10-9-11-5-1-2-6-11/h11-15H,1-10H2/t12-,13-/m1/s1. The summed E-state index contributed by atoms with van der Waals surface area (Å²) in [7, 11) is 0. The summed E-state index contributed by atoms with van der Waals surface area (Å²) in [4.78, 5) is 0. The molecule has 0 spiro atoms. The summed E-state index contributed by atoms with van der Waals surface area (Å²) in [6.45, 7) is 1.12. The molecule has 2 atom stereocenters. The minimum atomic E-state index is -0.0812. The highest BCUT2D eigenvalue weighted by Gasteiger charge is 2.22. The lowest BCUT2D eigenvalue weighted by Gasteiger charge is -2.28. The largest absolute Gasteiger partial charge is 0.392 e. The summed E-state index contributed by atoms with van der Waals surface area (Å²) >= 11 is 0. The van der Waals surface area contributed by atoms with Gasteiger partial charge in [-0.2, -0.15) is 0 Å². The Morgan fingerprint density at radius 1 is 0.933 bits per heavy atom. The zero-order valence-corrected chi connectivity index (χ0v) is 9.75. The number of hydrogen-bond acceptors (Lipinski definition) is 2. The summed E-state index contributed by atoms with van der Waals surface area (Å²) in [5.74, 6) is 0.971. The number of aliphatic hydroxyl groups is 1. The maximum atomic E-state index is 9.80. The molecule has 2 fully saturated rings. The van der Waals surface area contributed by atoms with Crippen LogP contribution in [0.4, 0.5) is 0 Å². The van der Waals surface area contributed by atoms with E-state index in [1.165, 1.54) is 51.4 Å². The highest BCUT2D eigenvalue weighted by atomic mass is 16.3. The van der Waals surface area contributed by atoms with E-state index in [9.17, 15) is 5.11 Å². The lowest BCUT2D eigenvalue weighted by molar-refractivity contribution is 0.0904. The van der Waals surface area contributed by atoms with Crippen LogP contribution in [0.3, 0.4) is 0 Å². The van der Waals surface area contributed by atoms with Crippen molar-refractivity contribution in [2.45, 2.75) is 69.9 Å². The van der Waals surface area contributed by atoms with Gasteiger partial charge in [0.05, 0.1) is 6.10 Å². The third kappa shape index (κ3) is 3.46. The predicted molar refractivity (Wildman–Crippen MR) is 62.8 cm³/mol. The SMILES string of the molecule is O[C@@H]1CCCC[C@H]1NCCC1CCCC1. The van der Waals surface area contributed by atoms with E-state index in [0.717, 1.165) is 18.9 Å². The highest BCUT2D eigenvalue weighted by Crippen LogP contribution is 2.27. The topological polar surface area (TPSA) is 32.3 Å². The fourth-order valence-electron chi connectivity index (χ4n) is 3.12. The molecule has 0 aromatic rings. The van der Waals surface area contributed by atoms with E-state index in [1.54, 1.807) is 0 Å². The number of hydrogen-bond donors (Lipinski definition) is 2. The van der Waals surface area contributed by atoms with E-state index in [-0.39, 0.29) is 6.10 Å². The molecule has 2 N–H and O–H groups in total. The molecule has 2 aliphatic carbocycles. The Labute approximate surface area is 93.5 Å². The van der Waals surface area contributed by atoms with Crippen LogP contribution in [0.1, 0.15) is 57.8 Å². The quantitative estimate of drug-likeness (QED) is 0.748. The molecule has 2 aliphatic rings. The van der Waals surface area contributed by atoms with Gasteiger partial charge in [0.15, 0.2) is 0 Å². The van der Waals surface area contributed by atoms with Gasteiger partial charge in [-0.15, -0.1) is 0 Å². The normalized spacial score (nSPS) is 33.4. The van der Waals surface area contributed by atoms with Gasteiger partial charge in [0, 0.05) is 6.04 Å². The van der Waals surface area contributed by atoms with E-state index in [2.05, 4.69) is 5.32 Å². The van der Waals surface area contributed by atoms with Crippen LogP contribution in [0.2, 0.25) is 0 Å². The van der Waals surface area contributed by atoms with Gasteiger partial charge in [0.2, 0.25) is 0 Å². The molecule has 15 heavy (non-hydrogen) atoms.